The summed E-state index contributed by atoms with van der Waals surface area (Å²) in [7, 11) is 0. The summed E-state index contributed by atoms with van der Waals surface area (Å²) in [5.74, 6) is 3.42. The Morgan fingerprint density at radius 2 is 2.38 bits per heavy atom. The van der Waals surface area contributed by atoms with Crippen molar-refractivity contribution in [3.05, 3.63) is 34.4 Å². The average molecular weight is 300 g/mol. The molecular weight excluding hydrogens is 274 g/mol. The maximum absolute atomic E-state index is 11.7. The summed E-state index contributed by atoms with van der Waals surface area (Å²) < 4.78 is 56.2. The van der Waals surface area contributed by atoms with Crippen molar-refractivity contribution in [2.75, 3.05) is 37.5 Å². The minimum absolute atomic E-state index is 0.130. The maximum atomic E-state index is 11.7. The van der Waals surface area contributed by atoms with E-state index in [1.807, 2.05) is 0 Å². The number of benzene rings is 1. The van der Waals surface area contributed by atoms with E-state index in [0.717, 1.165) is 0 Å². The van der Waals surface area contributed by atoms with Gasteiger partial charge in [0.1, 0.15) is 0 Å². The SMILES string of the molecule is [2H]C1N(c2cccc([N+](=O)[O-])c2)CCN(C([2H])([2H])C([2H])([2H])C(=O)NN)C1([2H])[2H]. The summed E-state index contributed by atoms with van der Waals surface area (Å²) in [4.78, 5) is 23.7. The van der Waals surface area contributed by atoms with Crippen molar-refractivity contribution in [3.8, 4) is 0 Å². The van der Waals surface area contributed by atoms with Gasteiger partial charge in [-0.05, 0) is 6.07 Å². The number of nitrogens with two attached hydrogens (primary N) is 1. The van der Waals surface area contributed by atoms with Crippen molar-refractivity contribution < 1.29 is 19.3 Å². The van der Waals surface area contributed by atoms with E-state index in [0.29, 0.717) is 4.90 Å². The van der Waals surface area contributed by atoms with E-state index in [1.165, 1.54) is 34.6 Å². The molecule has 0 saturated carbocycles. The van der Waals surface area contributed by atoms with Gasteiger partial charge in [-0.2, -0.15) is 0 Å². The van der Waals surface area contributed by atoms with E-state index in [-0.39, 0.29) is 17.9 Å². The monoisotopic (exact) mass is 300 g/mol. The van der Waals surface area contributed by atoms with Crippen LogP contribution in [0.4, 0.5) is 11.4 Å². The number of nitro groups is 1. The van der Waals surface area contributed by atoms with Crippen LogP contribution < -0.4 is 16.2 Å². The van der Waals surface area contributed by atoms with Crippen molar-refractivity contribution in [3.63, 3.8) is 0 Å². The highest BCUT2D eigenvalue weighted by Gasteiger charge is 2.19. The van der Waals surface area contributed by atoms with Crippen LogP contribution >= 0.6 is 0 Å². The Bertz CT molecular complexity index is 779. The fraction of sp³-hybridized carbons (Fsp3) is 0.462. The number of hydrogen-bond donors (Lipinski definition) is 2. The lowest BCUT2D eigenvalue weighted by atomic mass is 10.2. The lowest BCUT2D eigenvalue weighted by Gasteiger charge is -2.35. The van der Waals surface area contributed by atoms with Crippen LogP contribution in [0.5, 0.6) is 0 Å². The number of anilines is 1. The maximum Gasteiger partial charge on any atom is 0.271 e. The predicted molar refractivity (Wildman–Crippen MR) is 78.7 cm³/mol. The largest absolute Gasteiger partial charge is 0.369 e. The van der Waals surface area contributed by atoms with Gasteiger partial charge in [0.05, 0.1) is 6.29 Å². The first-order valence-electron chi connectivity index (χ1n) is 9.58. The molecule has 1 saturated heterocycles. The number of hydrazine groups is 1. The van der Waals surface area contributed by atoms with E-state index in [9.17, 15) is 14.9 Å². The second-order valence-corrected chi connectivity index (χ2v) is 4.09. The molecule has 1 heterocycles. The Kier molecular flexibility index (Phi) is 2.77. The molecule has 1 aromatic rings. The molecule has 1 aliphatic rings. The molecule has 0 bridgehead atoms. The Labute approximate surface area is 132 Å². The first kappa shape index (κ1) is 8.30. The molecule has 0 aromatic heterocycles. The molecule has 1 aromatic carbocycles. The fourth-order valence-corrected chi connectivity index (χ4v) is 1.71. The summed E-state index contributed by atoms with van der Waals surface area (Å²) in [6, 6.07) is 5.25. The highest BCUT2D eigenvalue weighted by atomic mass is 16.6. The van der Waals surface area contributed by atoms with E-state index < -0.39 is 43.3 Å². The summed E-state index contributed by atoms with van der Waals surface area (Å²) in [5, 5.41) is 10.9. The minimum atomic E-state index is -3.21. The Morgan fingerprint density at radius 1 is 1.57 bits per heavy atom. The first-order chi connectivity index (χ1) is 12.8. The van der Waals surface area contributed by atoms with Gasteiger partial charge >= 0.3 is 0 Å². The molecule has 1 amide bonds. The van der Waals surface area contributed by atoms with Gasteiger partial charge in [-0.3, -0.25) is 25.2 Å². The van der Waals surface area contributed by atoms with Gasteiger partial charge in [0.25, 0.3) is 5.69 Å². The van der Waals surface area contributed by atoms with E-state index in [4.69, 9.17) is 15.4 Å². The van der Waals surface area contributed by atoms with Gasteiger partial charge in [0.15, 0.2) is 0 Å². The number of piperazine rings is 1. The molecule has 1 atom stereocenters. The molecule has 1 unspecified atom stereocenters. The molecular formula is C13H19N5O3. The molecule has 0 aliphatic carbocycles. The van der Waals surface area contributed by atoms with Crippen LogP contribution in [0.1, 0.15) is 16.0 Å². The number of nitrogens with zero attached hydrogens (tertiary/aromatic N) is 3. The second-order valence-electron chi connectivity index (χ2n) is 4.09. The topological polar surface area (TPSA) is 105 Å². The molecule has 0 spiro atoms. The van der Waals surface area contributed by atoms with Crippen LogP contribution in [-0.4, -0.2) is 48.3 Å². The van der Waals surface area contributed by atoms with Gasteiger partial charge < -0.3 is 4.90 Å². The zero-order chi connectivity index (χ0) is 21.5. The zero-order valence-electron chi connectivity index (χ0n) is 17.9. The molecule has 1 aliphatic heterocycles. The third-order valence-electron chi connectivity index (χ3n) is 2.74. The van der Waals surface area contributed by atoms with Crippen LogP contribution in [0, 0.1) is 10.1 Å². The molecule has 0 radical (unpaired) electrons. The molecule has 8 heteroatoms. The van der Waals surface area contributed by atoms with Gasteiger partial charge in [0, 0.05) is 65.0 Å². The first-order valence-corrected chi connectivity index (χ1v) is 6.00. The number of carbonyl (C=O) groups is 1. The molecule has 21 heavy (non-hydrogen) atoms. The summed E-state index contributed by atoms with van der Waals surface area (Å²) in [5.41, 5.74) is 1.46. The van der Waals surface area contributed by atoms with Gasteiger partial charge in [-0.15, -0.1) is 0 Å². The van der Waals surface area contributed by atoms with Crippen LogP contribution in [-0.2, 0) is 4.79 Å². The lowest BCUT2D eigenvalue weighted by molar-refractivity contribution is -0.384. The number of nitro benzene ring substituents is 1. The van der Waals surface area contributed by atoms with Crippen molar-refractivity contribution in [1.82, 2.24) is 10.3 Å². The number of non-ortho nitro benzene ring substituents is 1. The lowest BCUT2D eigenvalue weighted by Crippen LogP contribution is -2.47. The van der Waals surface area contributed by atoms with Crippen molar-refractivity contribution in [1.29, 1.82) is 0 Å². The fourth-order valence-electron chi connectivity index (χ4n) is 1.71. The Balaban J connectivity index is 2.38. The number of carbonyl (C=O) groups excluding carboxylic acids is 1. The standard InChI is InChI=1S/C13H19N5O3/c14-15-13(19)4-5-16-6-8-17(9-7-16)11-2-1-3-12(10-11)18(20)21/h1-3,10H,4-9,14H2,(H,15,19)/i4D2,5D2,6D2,8D. The molecule has 1 fully saturated rings. The van der Waals surface area contributed by atoms with Crippen molar-refractivity contribution >= 4 is 17.3 Å². The normalized spacial score (nSPS) is 28.0. The van der Waals surface area contributed by atoms with Crippen LogP contribution in [0.15, 0.2) is 24.3 Å². The number of amides is 1. The Morgan fingerprint density at radius 3 is 3.10 bits per heavy atom. The third-order valence-corrected chi connectivity index (χ3v) is 2.74. The number of hydrogen-bond acceptors (Lipinski definition) is 6. The highest BCUT2D eigenvalue weighted by Crippen LogP contribution is 2.22. The smallest absolute Gasteiger partial charge is 0.271 e. The van der Waals surface area contributed by atoms with Crippen LogP contribution in [0.3, 0.4) is 0 Å². The van der Waals surface area contributed by atoms with Crippen molar-refractivity contribution in [2.24, 2.45) is 5.84 Å². The summed E-state index contributed by atoms with van der Waals surface area (Å²) in [6.45, 7) is -8.15. The van der Waals surface area contributed by atoms with Gasteiger partial charge in [-0.1, -0.05) is 6.07 Å². The highest BCUT2D eigenvalue weighted by molar-refractivity contribution is 5.75. The number of nitrogens with one attached hydrogen (secondary N) is 1. The quantitative estimate of drug-likeness (QED) is 0.346. The summed E-state index contributed by atoms with van der Waals surface area (Å²) in [6.07, 6.45) is -3.21. The molecule has 2 rings (SSSR count). The van der Waals surface area contributed by atoms with E-state index in [1.54, 1.807) is 0 Å². The van der Waals surface area contributed by atoms with Crippen molar-refractivity contribution in [2.45, 2.75) is 6.37 Å². The predicted octanol–water partition coefficient (Wildman–Crippen LogP) is 0.0968. The average Bonchev–Trinajstić information content (AvgIpc) is 2.62. The third kappa shape index (κ3) is 4.14. The van der Waals surface area contributed by atoms with Gasteiger partial charge in [0.2, 0.25) is 5.91 Å². The zero-order valence-corrected chi connectivity index (χ0v) is 10.9. The van der Waals surface area contributed by atoms with Crippen LogP contribution in [0.25, 0.3) is 0 Å². The summed E-state index contributed by atoms with van der Waals surface area (Å²) >= 11 is 0. The molecule has 114 valence electrons. The van der Waals surface area contributed by atoms with E-state index in [2.05, 4.69) is 0 Å². The molecule has 3 N–H and O–H groups in total. The van der Waals surface area contributed by atoms with E-state index >= 15 is 0 Å². The number of rotatable bonds is 5. The second kappa shape index (κ2) is 7.00. The van der Waals surface area contributed by atoms with Gasteiger partial charge in [-0.25, -0.2) is 5.84 Å². The molecule has 8 nitrogen and oxygen atoms in total. The van der Waals surface area contributed by atoms with Crippen LogP contribution in [0.2, 0.25) is 0 Å². The Hall–Kier alpha value is -2.19. The minimum Gasteiger partial charge on any atom is -0.369 e.